The van der Waals surface area contributed by atoms with E-state index in [0.717, 1.165) is 11.0 Å². The molecule has 24 heavy (non-hydrogen) atoms. The van der Waals surface area contributed by atoms with Crippen molar-refractivity contribution in [2.75, 3.05) is 0 Å². The summed E-state index contributed by atoms with van der Waals surface area (Å²) in [5, 5.41) is 0. The lowest BCUT2D eigenvalue weighted by Crippen LogP contribution is -2.33. The first-order chi connectivity index (χ1) is 11.5. The summed E-state index contributed by atoms with van der Waals surface area (Å²) in [4.78, 5) is 29.7. The van der Waals surface area contributed by atoms with Gasteiger partial charge in [0.05, 0.1) is 11.0 Å². The zero-order chi connectivity index (χ0) is 17.3. The Labute approximate surface area is 139 Å². The summed E-state index contributed by atoms with van der Waals surface area (Å²) in [7, 11) is 1.71. The van der Waals surface area contributed by atoms with Crippen molar-refractivity contribution in [1.82, 2.24) is 13.7 Å². The van der Waals surface area contributed by atoms with Gasteiger partial charge in [-0.25, -0.2) is 4.79 Å². The van der Waals surface area contributed by atoms with E-state index in [1.807, 2.05) is 44.2 Å². The molecule has 0 aliphatic heterocycles. The average molecular weight is 324 g/mol. The van der Waals surface area contributed by atoms with Crippen LogP contribution in [0.4, 0.5) is 0 Å². The number of pyridine rings is 1. The summed E-state index contributed by atoms with van der Waals surface area (Å²) in [5.74, 6) is -0.201. The number of carbonyl (C=O) groups is 1. The molecule has 0 N–H and O–H groups in total. The number of aryl methyl sites for hydroxylation is 1. The van der Waals surface area contributed by atoms with Crippen LogP contribution in [0.25, 0.3) is 11.0 Å². The molecule has 3 aromatic rings. The van der Waals surface area contributed by atoms with Crippen molar-refractivity contribution in [3.63, 3.8) is 0 Å². The first kappa shape index (κ1) is 16.0. The second-order valence-electron chi connectivity index (χ2n) is 5.96. The van der Waals surface area contributed by atoms with E-state index in [-0.39, 0.29) is 24.2 Å². The molecule has 0 unspecified atom stereocenters. The molecule has 0 saturated heterocycles. The van der Waals surface area contributed by atoms with Gasteiger partial charge in [0.15, 0.2) is 0 Å². The number of fused-ring (bicyclic) bond motifs is 1. The average Bonchev–Trinajstić information content (AvgIpc) is 2.80. The molecule has 2 heterocycles. The van der Waals surface area contributed by atoms with Gasteiger partial charge in [-0.1, -0.05) is 18.2 Å². The fraction of sp³-hybridized carbons (Fsp3) is 0.278. The number of nitrogens with zero attached hydrogens (tertiary/aromatic N) is 4. The molecule has 0 spiro atoms. The van der Waals surface area contributed by atoms with Gasteiger partial charge in [-0.15, -0.1) is 0 Å². The quantitative estimate of drug-likeness (QED) is 0.737. The first-order valence-corrected chi connectivity index (χ1v) is 7.88. The predicted molar refractivity (Wildman–Crippen MR) is 92.9 cm³/mol. The fourth-order valence-corrected chi connectivity index (χ4v) is 2.74. The molecule has 0 amide bonds. The van der Waals surface area contributed by atoms with Crippen molar-refractivity contribution in [3.8, 4) is 0 Å². The Morgan fingerprint density at radius 3 is 2.46 bits per heavy atom. The molecule has 0 aliphatic rings. The third-order valence-corrected chi connectivity index (χ3v) is 3.84. The van der Waals surface area contributed by atoms with Crippen molar-refractivity contribution in [3.05, 3.63) is 64.6 Å². The Hall–Kier alpha value is -2.89. The van der Waals surface area contributed by atoms with Crippen LogP contribution in [0.2, 0.25) is 0 Å². The smallest absolute Gasteiger partial charge is 0.295 e. The molecule has 3 rings (SSSR count). The molecule has 0 aliphatic carbocycles. The maximum Gasteiger partial charge on any atom is 0.329 e. The van der Waals surface area contributed by atoms with Gasteiger partial charge in [-0.05, 0) is 38.1 Å². The number of hydrogen-bond donors (Lipinski definition) is 0. The molecule has 0 bridgehead atoms. The van der Waals surface area contributed by atoms with Crippen molar-refractivity contribution >= 4 is 16.9 Å². The first-order valence-electron chi connectivity index (χ1n) is 7.88. The van der Waals surface area contributed by atoms with E-state index in [2.05, 4.69) is 4.99 Å². The Kier molecular flexibility index (Phi) is 4.20. The summed E-state index contributed by atoms with van der Waals surface area (Å²) in [6.07, 6.45) is 1.68. The van der Waals surface area contributed by atoms with Gasteiger partial charge in [-0.2, -0.15) is 0 Å². The number of imidazole rings is 1. The molecule has 2 aromatic heterocycles. The normalized spacial score (nSPS) is 12.2. The number of rotatable bonds is 3. The third kappa shape index (κ3) is 2.82. The molecule has 124 valence electrons. The summed E-state index contributed by atoms with van der Waals surface area (Å²) in [5.41, 5.74) is 1.94. The highest BCUT2D eigenvalue weighted by molar-refractivity contribution is 5.82. The number of benzene rings is 1. The highest BCUT2D eigenvalue weighted by Gasteiger charge is 2.14. The fourth-order valence-electron chi connectivity index (χ4n) is 2.74. The summed E-state index contributed by atoms with van der Waals surface area (Å²) >= 11 is 0. The highest BCUT2D eigenvalue weighted by atomic mass is 16.2. The van der Waals surface area contributed by atoms with E-state index in [4.69, 9.17) is 0 Å². The van der Waals surface area contributed by atoms with Gasteiger partial charge in [0.2, 0.25) is 0 Å². The van der Waals surface area contributed by atoms with Crippen molar-refractivity contribution in [2.24, 2.45) is 12.0 Å². The lowest BCUT2D eigenvalue weighted by Gasteiger charge is -2.08. The second-order valence-corrected chi connectivity index (χ2v) is 5.96. The second kappa shape index (κ2) is 6.31. The Morgan fingerprint density at radius 2 is 1.75 bits per heavy atom. The molecular formula is C18H20N4O2. The van der Waals surface area contributed by atoms with Gasteiger partial charge in [-0.3, -0.25) is 23.5 Å². The molecule has 0 saturated carbocycles. The standard InChI is InChI=1S/C18H20N4O2/c1-13(2)19-16-10-6-7-11-21(16)17(23)12-22-15-9-5-4-8-14(15)20(3)18(22)24/h4-11,13H,12H2,1-3H3. The minimum Gasteiger partial charge on any atom is -0.295 e. The number of carbonyl (C=O) groups excluding carboxylic acids is 1. The van der Waals surface area contributed by atoms with E-state index in [0.29, 0.717) is 5.49 Å². The Morgan fingerprint density at radius 1 is 1.08 bits per heavy atom. The lowest BCUT2D eigenvalue weighted by atomic mass is 10.3. The van der Waals surface area contributed by atoms with Crippen molar-refractivity contribution in [1.29, 1.82) is 0 Å². The minimum atomic E-state index is -0.205. The van der Waals surface area contributed by atoms with Crippen molar-refractivity contribution < 1.29 is 4.79 Å². The van der Waals surface area contributed by atoms with Crippen LogP contribution in [0.3, 0.4) is 0 Å². The molecule has 1 aromatic carbocycles. The van der Waals surface area contributed by atoms with Gasteiger partial charge in [0, 0.05) is 19.3 Å². The van der Waals surface area contributed by atoms with Crippen molar-refractivity contribution in [2.45, 2.75) is 26.4 Å². The van der Waals surface area contributed by atoms with Gasteiger partial charge >= 0.3 is 5.69 Å². The van der Waals surface area contributed by atoms with E-state index >= 15 is 0 Å². The van der Waals surface area contributed by atoms with E-state index in [1.165, 1.54) is 9.13 Å². The molecule has 6 heteroatoms. The molecule has 6 nitrogen and oxygen atoms in total. The van der Waals surface area contributed by atoms with E-state index < -0.39 is 0 Å². The zero-order valence-corrected chi connectivity index (χ0v) is 14.0. The lowest BCUT2D eigenvalue weighted by molar-refractivity contribution is 0.0885. The van der Waals surface area contributed by atoms with Crippen LogP contribution in [0.5, 0.6) is 0 Å². The van der Waals surface area contributed by atoms with E-state index in [9.17, 15) is 9.59 Å². The largest absolute Gasteiger partial charge is 0.329 e. The van der Waals surface area contributed by atoms with Gasteiger partial charge in [0.25, 0.3) is 5.91 Å². The van der Waals surface area contributed by atoms with Gasteiger partial charge in [0.1, 0.15) is 12.0 Å². The maximum atomic E-state index is 12.8. The molecular weight excluding hydrogens is 304 g/mol. The van der Waals surface area contributed by atoms with Crippen LogP contribution in [0, 0.1) is 0 Å². The van der Waals surface area contributed by atoms with Crippen LogP contribution in [0.1, 0.15) is 18.6 Å². The topological polar surface area (TPSA) is 61.3 Å². The van der Waals surface area contributed by atoms with Gasteiger partial charge < -0.3 is 0 Å². The van der Waals surface area contributed by atoms with E-state index in [1.54, 1.807) is 29.9 Å². The minimum absolute atomic E-state index is 0.0323. The monoisotopic (exact) mass is 324 g/mol. The summed E-state index contributed by atoms with van der Waals surface area (Å²) in [6, 6.07) is 12.9. The molecule has 0 atom stereocenters. The van der Waals surface area contributed by atoms with Crippen LogP contribution < -0.4 is 11.2 Å². The molecule has 0 fully saturated rings. The van der Waals surface area contributed by atoms with Crippen LogP contribution in [-0.2, 0) is 13.6 Å². The highest BCUT2D eigenvalue weighted by Crippen LogP contribution is 2.11. The number of hydrogen-bond acceptors (Lipinski definition) is 3. The van der Waals surface area contributed by atoms with Crippen LogP contribution in [0.15, 0.2) is 58.4 Å². The van der Waals surface area contributed by atoms with Crippen LogP contribution >= 0.6 is 0 Å². The number of aromatic nitrogens is 3. The Bertz CT molecular complexity index is 1020. The SMILES string of the molecule is CC(C)N=c1ccccn1C(=O)Cn1c(=O)n(C)c2ccccc21. The zero-order valence-electron chi connectivity index (χ0n) is 14.0. The number of para-hydroxylation sites is 2. The predicted octanol–water partition coefficient (Wildman–Crippen LogP) is 1.79. The van der Waals surface area contributed by atoms with Crippen LogP contribution in [-0.4, -0.2) is 25.7 Å². The summed E-state index contributed by atoms with van der Waals surface area (Å²) < 4.78 is 4.54. The Balaban J connectivity index is 2.07. The molecule has 0 radical (unpaired) electrons. The third-order valence-electron chi connectivity index (χ3n) is 3.84. The maximum absolute atomic E-state index is 12.8. The summed E-state index contributed by atoms with van der Waals surface area (Å²) in [6.45, 7) is 3.88.